The summed E-state index contributed by atoms with van der Waals surface area (Å²) in [5.41, 5.74) is 4.37. The molecule has 0 aliphatic carbocycles. The van der Waals surface area contributed by atoms with Crippen LogP contribution < -0.4 is 10.7 Å². The number of pyridine rings is 1. The Morgan fingerprint density at radius 1 is 1.38 bits per heavy atom. The number of hydrogen-bond donors (Lipinski definition) is 2. The van der Waals surface area contributed by atoms with Gasteiger partial charge in [0.25, 0.3) is 0 Å². The zero-order valence-electron chi connectivity index (χ0n) is 7.53. The van der Waals surface area contributed by atoms with Crippen molar-refractivity contribution in [1.29, 1.82) is 0 Å². The van der Waals surface area contributed by atoms with Gasteiger partial charge in [0.2, 0.25) is 0 Å². The van der Waals surface area contributed by atoms with Crippen LogP contribution in [-0.4, -0.2) is 36.2 Å². The lowest BCUT2D eigenvalue weighted by atomic mass is 10.4. The molecule has 4 heteroatoms. The van der Waals surface area contributed by atoms with Crippen LogP contribution in [0.15, 0.2) is 24.5 Å². The standard InChI is InChI=1S/C9H14N4/c1-2-9(8-11-3-1)12-13-6-4-10-5-7-13/h1-3,8,10,12H,4-7H2. The van der Waals surface area contributed by atoms with Crippen molar-refractivity contribution in [3.8, 4) is 0 Å². The van der Waals surface area contributed by atoms with Crippen LogP contribution in [0.2, 0.25) is 0 Å². The van der Waals surface area contributed by atoms with Gasteiger partial charge in [-0.25, -0.2) is 5.01 Å². The van der Waals surface area contributed by atoms with Gasteiger partial charge in [-0.05, 0) is 12.1 Å². The maximum atomic E-state index is 4.05. The van der Waals surface area contributed by atoms with E-state index in [0.29, 0.717) is 0 Å². The maximum Gasteiger partial charge on any atom is 0.0673 e. The van der Waals surface area contributed by atoms with Crippen LogP contribution in [0, 0.1) is 0 Å². The Morgan fingerprint density at radius 2 is 2.23 bits per heavy atom. The molecular formula is C9H14N4. The molecule has 0 bridgehead atoms. The average Bonchev–Trinajstić information content (AvgIpc) is 2.21. The van der Waals surface area contributed by atoms with Gasteiger partial charge in [0, 0.05) is 32.4 Å². The second-order valence-electron chi connectivity index (χ2n) is 3.09. The molecule has 0 aromatic carbocycles. The highest BCUT2D eigenvalue weighted by Gasteiger charge is 2.08. The smallest absolute Gasteiger partial charge is 0.0673 e. The Labute approximate surface area is 77.9 Å². The second kappa shape index (κ2) is 4.20. The summed E-state index contributed by atoms with van der Waals surface area (Å²) >= 11 is 0. The van der Waals surface area contributed by atoms with Crippen molar-refractivity contribution in [1.82, 2.24) is 15.3 Å². The lowest BCUT2D eigenvalue weighted by Crippen LogP contribution is -2.46. The van der Waals surface area contributed by atoms with Crippen molar-refractivity contribution in [3.05, 3.63) is 24.5 Å². The third-order valence-electron chi connectivity index (χ3n) is 2.07. The van der Waals surface area contributed by atoms with Gasteiger partial charge in [0.15, 0.2) is 0 Å². The number of hydrazine groups is 1. The zero-order valence-corrected chi connectivity index (χ0v) is 7.53. The molecule has 2 heterocycles. The van der Waals surface area contributed by atoms with Gasteiger partial charge in [0.05, 0.1) is 11.9 Å². The number of hydrogen-bond acceptors (Lipinski definition) is 4. The van der Waals surface area contributed by atoms with Crippen LogP contribution in [0.3, 0.4) is 0 Å². The SMILES string of the molecule is c1cncc(NN2CCNCC2)c1. The molecule has 1 aromatic heterocycles. The fourth-order valence-corrected chi connectivity index (χ4v) is 1.39. The molecule has 1 aliphatic heterocycles. The van der Waals surface area contributed by atoms with Crippen molar-refractivity contribution < 1.29 is 0 Å². The van der Waals surface area contributed by atoms with E-state index in [2.05, 4.69) is 20.7 Å². The van der Waals surface area contributed by atoms with Gasteiger partial charge in [-0.1, -0.05) is 0 Å². The number of anilines is 1. The third-order valence-corrected chi connectivity index (χ3v) is 2.07. The minimum Gasteiger partial charge on any atom is -0.317 e. The van der Waals surface area contributed by atoms with E-state index in [1.54, 1.807) is 6.20 Å². The van der Waals surface area contributed by atoms with Gasteiger partial charge in [-0.3, -0.25) is 4.98 Å². The van der Waals surface area contributed by atoms with Crippen LogP contribution in [0.5, 0.6) is 0 Å². The Balaban J connectivity index is 1.90. The molecule has 13 heavy (non-hydrogen) atoms. The van der Waals surface area contributed by atoms with Crippen molar-refractivity contribution in [2.24, 2.45) is 0 Å². The van der Waals surface area contributed by atoms with Crippen LogP contribution in [0.25, 0.3) is 0 Å². The Hall–Kier alpha value is -1.13. The lowest BCUT2D eigenvalue weighted by molar-refractivity contribution is 0.287. The molecule has 1 fully saturated rings. The van der Waals surface area contributed by atoms with E-state index in [0.717, 1.165) is 31.9 Å². The first-order valence-corrected chi connectivity index (χ1v) is 4.57. The van der Waals surface area contributed by atoms with Crippen LogP contribution in [0.1, 0.15) is 0 Å². The molecule has 0 spiro atoms. The predicted molar refractivity (Wildman–Crippen MR) is 52.3 cm³/mol. The van der Waals surface area contributed by atoms with Gasteiger partial charge in [-0.2, -0.15) is 0 Å². The molecule has 70 valence electrons. The van der Waals surface area contributed by atoms with Crippen molar-refractivity contribution >= 4 is 5.69 Å². The first-order valence-electron chi connectivity index (χ1n) is 4.57. The molecule has 0 atom stereocenters. The Kier molecular flexibility index (Phi) is 2.74. The lowest BCUT2D eigenvalue weighted by Gasteiger charge is -2.28. The van der Waals surface area contributed by atoms with Gasteiger partial charge in [-0.15, -0.1) is 0 Å². The minimum absolute atomic E-state index is 1.04. The summed E-state index contributed by atoms with van der Waals surface area (Å²) in [4.78, 5) is 4.05. The largest absolute Gasteiger partial charge is 0.317 e. The number of nitrogens with zero attached hydrogens (tertiary/aromatic N) is 2. The van der Waals surface area contributed by atoms with Crippen molar-refractivity contribution in [3.63, 3.8) is 0 Å². The first kappa shape index (κ1) is 8.47. The molecule has 1 saturated heterocycles. The van der Waals surface area contributed by atoms with Crippen LogP contribution in [-0.2, 0) is 0 Å². The molecule has 1 aromatic rings. The van der Waals surface area contributed by atoms with E-state index < -0.39 is 0 Å². The van der Waals surface area contributed by atoms with E-state index in [4.69, 9.17) is 0 Å². The first-order chi connectivity index (χ1) is 6.45. The summed E-state index contributed by atoms with van der Waals surface area (Å²) in [7, 11) is 0. The van der Waals surface area contributed by atoms with Crippen molar-refractivity contribution in [2.75, 3.05) is 31.6 Å². The Bertz CT molecular complexity index is 243. The van der Waals surface area contributed by atoms with Crippen LogP contribution in [0.4, 0.5) is 5.69 Å². The highest BCUT2D eigenvalue weighted by molar-refractivity contribution is 5.38. The number of nitrogens with one attached hydrogen (secondary N) is 2. The molecule has 0 radical (unpaired) electrons. The molecule has 2 N–H and O–H groups in total. The van der Waals surface area contributed by atoms with E-state index >= 15 is 0 Å². The van der Waals surface area contributed by atoms with E-state index in [1.807, 2.05) is 18.3 Å². The average molecular weight is 178 g/mol. The third kappa shape index (κ3) is 2.40. The summed E-state index contributed by atoms with van der Waals surface area (Å²) in [5.74, 6) is 0. The molecule has 0 saturated carbocycles. The zero-order chi connectivity index (χ0) is 8.93. The molecular weight excluding hydrogens is 164 g/mol. The number of rotatable bonds is 2. The summed E-state index contributed by atoms with van der Waals surface area (Å²) in [6, 6.07) is 3.96. The predicted octanol–water partition coefficient (Wildman–Crippen LogP) is 0.314. The van der Waals surface area contributed by atoms with E-state index in [1.165, 1.54) is 0 Å². The van der Waals surface area contributed by atoms with Crippen LogP contribution >= 0.6 is 0 Å². The molecule has 1 aliphatic rings. The molecule has 0 unspecified atom stereocenters. The van der Waals surface area contributed by atoms with E-state index in [-0.39, 0.29) is 0 Å². The highest BCUT2D eigenvalue weighted by atomic mass is 15.5. The van der Waals surface area contributed by atoms with Gasteiger partial charge < -0.3 is 10.7 Å². The minimum atomic E-state index is 1.04. The summed E-state index contributed by atoms with van der Waals surface area (Å²) in [5, 5.41) is 5.51. The maximum absolute atomic E-state index is 4.05. The number of piperazine rings is 1. The fraction of sp³-hybridized carbons (Fsp3) is 0.444. The molecule has 4 nitrogen and oxygen atoms in total. The van der Waals surface area contributed by atoms with Gasteiger partial charge in [0.1, 0.15) is 0 Å². The molecule has 0 amide bonds. The van der Waals surface area contributed by atoms with E-state index in [9.17, 15) is 0 Å². The van der Waals surface area contributed by atoms with Gasteiger partial charge >= 0.3 is 0 Å². The van der Waals surface area contributed by atoms with Crippen molar-refractivity contribution in [2.45, 2.75) is 0 Å². The molecule has 2 rings (SSSR count). The summed E-state index contributed by atoms with van der Waals surface area (Å²) in [6.07, 6.45) is 3.62. The number of aromatic nitrogens is 1. The monoisotopic (exact) mass is 178 g/mol. The topological polar surface area (TPSA) is 40.2 Å². The summed E-state index contributed by atoms with van der Waals surface area (Å²) < 4.78 is 0. The highest BCUT2D eigenvalue weighted by Crippen LogP contribution is 2.04. The normalized spacial score (nSPS) is 18.5. The fourth-order valence-electron chi connectivity index (χ4n) is 1.39. The second-order valence-corrected chi connectivity index (χ2v) is 3.09. The quantitative estimate of drug-likeness (QED) is 0.684. The Morgan fingerprint density at radius 3 is 2.92 bits per heavy atom. The summed E-state index contributed by atoms with van der Waals surface area (Å²) in [6.45, 7) is 4.17.